The van der Waals surface area contributed by atoms with Gasteiger partial charge in [-0.3, -0.25) is 9.78 Å². The van der Waals surface area contributed by atoms with Crippen LogP contribution in [0.5, 0.6) is 0 Å². The molecule has 0 saturated carbocycles. The highest BCUT2D eigenvalue weighted by molar-refractivity contribution is 7.91. The second-order valence-corrected chi connectivity index (χ2v) is 9.27. The van der Waals surface area contributed by atoms with E-state index in [4.69, 9.17) is 0 Å². The predicted octanol–water partition coefficient (Wildman–Crippen LogP) is 2.13. The number of nitrogens with zero attached hydrogens (tertiary/aromatic N) is 1. The van der Waals surface area contributed by atoms with Crippen molar-refractivity contribution in [2.45, 2.75) is 18.9 Å². The standard InChI is InChI=1S/C20H22N4O3S/c25-20(22-8-5-14-12-23-18-4-2-1-3-17(14)18)19-11-15(6-9-21-19)24-16-7-10-28(26,27)13-16/h1-4,6,9,11-12,16,23H,5,7-8,10,13H2,(H,21,24)(H,22,25). The summed E-state index contributed by atoms with van der Waals surface area (Å²) in [5.74, 6) is 0.0841. The minimum absolute atomic E-state index is 0.120. The Kier molecular flexibility index (Phi) is 5.04. The van der Waals surface area contributed by atoms with Gasteiger partial charge in [-0.25, -0.2) is 8.42 Å². The number of fused-ring (bicyclic) bond motifs is 1. The molecule has 1 atom stereocenters. The number of anilines is 1. The van der Waals surface area contributed by atoms with Crippen LogP contribution in [0.1, 0.15) is 22.5 Å². The third-order valence-electron chi connectivity index (χ3n) is 4.95. The monoisotopic (exact) mass is 398 g/mol. The molecule has 0 bridgehead atoms. The number of aromatic amines is 1. The molecule has 1 aliphatic rings. The van der Waals surface area contributed by atoms with Crippen LogP contribution in [0.3, 0.4) is 0 Å². The molecule has 1 aliphatic heterocycles. The van der Waals surface area contributed by atoms with Gasteiger partial charge >= 0.3 is 0 Å². The summed E-state index contributed by atoms with van der Waals surface area (Å²) in [4.78, 5) is 19.8. The summed E-state index contributed by atoms with van der Waals surface area (Å²) in [5.41, 5.74) is 3.25. The first-order valence-corrected chi connectivity index (χ1v) is 11.1. The maximum Gasteiger partial charge on any atom is 0.269 e. The van der Waals surface area contributed by atoms with E-state index >= 15 is 0 Å². The van der Waals surface area contributed by atoms with Crippen LogP contribution in [0.15, 0.2) is 48.8 Å². The Hall–Kier alpha value is -2.87. The molecule has 7 nitrogen and oxygen atoms in total. The second-order valence-electron chi connectivity index (χ2n) is 7.04. The molecule has 1 saturated heterocycles. The van der Waals surface area contributed by atoms with Crippen LogP contribution in [-0.4, -0.2) is 48.4 Å². The molecule has 1 amide bonds. The topological polar surface area (TPSA) is 104 Å². The lowest BCUT2D eigenvalue weighted by atomic mass is 10.1. The van der Waals surface area contributed by atoms with Crippen molar-refractivity contribution in [3.05, 3.63) is 60.0 Å². The zero-order chi connectivity index (χ0) is 19.6. The zero-order valence-electron chi connectivity index (χ0n) is 15.3. The number of rotatable bonds is 6. The van der Waals surface area contributed by atoms with E-state index < -0.39 is 9.84 Å². The SMILES string of the molecule is O=C(NCCc1c[nH]c2ccccc12)c1cc(NC2CCS(=O)(=O)C2)ccn1. The summed E-state index contributed by atoms with van der Waals surface area (Å²) >= 11 is 0. The lowest BCUT2D eigenvalue weighted by Gasteiger charge is -2.13. The van der Waals surface area contributed by atoms with E-state index in [1.54, 1.807) is 18.3 Å². The van der Waals surface area contributed by atoms with E-state index in [-0.39, 0.29) is 23.5 Å². The van der Waals surface area contributed by atoms with E-state index in [1.807, 2.05) is 24.4 Å². The fourth-order valence-electron chi connectivity index (χ4n) is 3.53. The number of aromatic nitrogens is 2. The highest BCUT2D eigenvalue weighted by atomic mass is 32.2. The van der Waals surface area contributed by atoms with Gasteiger partial charge in [-0.2, -0.15) is 0 Å². The van der Waals surface area contributed by atoms with Gasteiger partial charge in [-0.15, -0.1) is 0 Å². The molecular weight excluding hydrogens is 376 g/mol. The van der Waals surface area contributed by atoms with Crippen LogP contribution in [0.4, 0.5) is 5.69 Å². The van der Waals surface area contributed by atoms with Gasteiger partial charge in [-0.05, 0) is 36.6 Å². The molecule has 8 heteroatoms. The number of hydrogen-bond donors (Lipinski definition) is 3. The molecule has 1 aromatic carbocycles. The van der Waals surface area contributed by atoms with Crippen molar-refractivity contribution in [1.82, 2.24) is 15.3 Å². The molecule has 3 aromatic rings. The van der Waals surface area contributed by atoms with Crippen molar-refractivity contribution in [3.63, 3.8) is 0 Å². The number of benzene rings is 1. The zero-order valence-corrected chi connectivity index (χ0v) is 16.1. The maximum absolute atomic E-state index is 12.4. The van der Waals surface area contributed by atoms with Gasteiger partial charge in [0.1, 0.15) is 5.69 Å². The number of sulfone groups is 1. The molecule has 3 N–H and O–H groups in total. The number of para-hydroxylation sites is 1. The number of nitrogens with one attached hydrogen (secondary N) is 3. The lowest BCUT2D eigenvalue weighted by Crippen LogP contribution is -2.27. The van der Waals surface area contributed by atoms with E-state index in [0.717, 1.165) is 16.5 Å². The second kappa shape index (κ2) is 7.63. The average Bonchev–Trinajstić information content (AvgIpc) is 3.25. The number of pyridine rings is 1. The highest BCUT2D eigenvalue weighted by Crippen LogP contribution is 2.19. The summed E-state index contributed by atoms with van der Waals surface area (Å²) in [6.07, 6.45) is 4.82. The molecule has 0 aliphatic carbocycles. The average molecular weight is 398 g/mol. The van der Waals surface area contributed by atoms with Crippen LogP contribution in [0.25, 0.3) is 10.9 Å². The number of carbonyl (C=O) groups excluding carboxylic acids is 1. The first kappa shape index (κ1) is 18.5. The quantitative estimate of drug-likeness (QED) is 0.590. The summed E-state index contributed by atoms with van der Waals surface area (Å²) in [6.45, 7) is 0.501. The molecule has 1 unspecified atom stereocenters. The Labute approximate surface area is 163 Å². The largest absolute Gasteiger partial charge is 0.381 e. The van der Waals surface area contributed by atoms with Crippen LogP contribution >= 0.6 is 0 Å². The summed E-state index contributed by atoms with van der Waals surface area (Å²) < 4.78 is 23.2. The van der Waals surface area contributed by atoms with Crippen LogP contribution < -0.4 is 10.6 Å². The first-order chi connectivity index (χ1) is 13.5. The molecule has 0 radical (unpaired) electrons. The van der Waals surface area contributed by atoms with Crippen LogP contribution in [-0.2, 0) is 16.3 Å². The van der Waals surface area contributed by atoms with Crippen LogP contribution in [0, 0.1) is 0 Å². The fraction of sp³-hybridized carbons (Fsp3) is 0.300. The Morgan fingerprint density at radius 2 is 2.11 bits per heavy atom. The van der Waals surface area contributed by atoms with Gasteiger partial charge in [-0.1, -0.05) is 18.2 Å². The third kappa shape index (κ3) is 4.17. The molecule has 28 heavy (non-hydrogen) atoms. The van der Waals surface area contributed by atoms with Gasteiger partial charge in [0.05, 0.1) is 11.5 Å². The smallest absolute Gasteiger partial charge is 0.269 e. The Morgan fingerprint density at radius 3 is 2.93 bits per heavy atom. The van der Waals surface area contributed by atoms with Crippen molar-refractivity contribution < 1.29 is 13.2 Å². The molecule has 1 fully saturated rings. The number of amides is 1. The molecule has 3 heterocycles. The Morgan fingerprint density at radius 1 is 1.25 bits per heavy atom. The molecule has 0 spiro atoms. The summed E-state index contributed by atoms with van der Waals surface area (Å²) in [6, 6.07) is 11.3. The minimum atomic E-state index is -2.95. The van der Waals surface area contributed by atoms with Crippen molar-refractivity contribution in [1.29, 1.82) is 0 Å². The van der Waals surface area contributed by atoms with Crippen molar-refractivity contribution in [2.75, 3.05) is 23.4 Å². The summed E-state index contributed by atoms with van der Waals surface area (Å²) in [7, 11) is -2.95. The van der Waals surface area contributed by atoms with Gasteiger partial charge in [0, 0.05) is 41.6 Å². The first-order valence-electron chi connectivity index (χ1n) is 9.26. The number of hydrogen-bond acceptors (Lipinski definition) is 5. The van der Waals surface area contributed by atoms with Crippen molar-refractivity contribution >= 4 is 32.3 Å². The van der Waals surface area contributed by atoms with Crippen LogP contribution in [0.2, 0.25) is 0 Å². The third-order valence-corrected chi connectivity index (χ3v) is 6.72. The highest BCUT2D eigenvalue weighted by Gasteiger charge is 2.27. The van der Waals surface area contributed by atoms with E-state index in [1.165, 1.54) is 0 Å². The van der Waals surface area contributed by atoms with Crippen molar-refractivity contribution in [2.24, 2.45) is 0 Å². The normalized spacial score (nSPS) is 18.2. The van der Waals surface area contributed by atoms with E-state index in [2.05, 4.69) is 26.7 Å². The maximum atomic E-state index is 12.4. The number of carbonyl (C=O) groups is 1. The molecular formula is C20H22N4O3S. The predicted molar refractivity (Wildman–Crippen MR) is 109 cm³/mol. The summed E-state index contributed by atoms with van der Waals surface area (Å²) in [5, 5.41) is 7.24. The van der Waals surface area contributed by atoms with Crippen molar-refractivity contribution in [3.8, 4) is 0 Å². The lowest BCUT2D eigenvalue weighted by molar-refractivity contribution is 0.0949. The molecule has 4 rings (SSSR count). The van der Waals surface area contributed by atoms with Gasteiger partial charge in [0.25, 0.3) is 5.91 Å². The fourth-order valence-corrected chi connectivity index (χ4v) is 5.20. The molecule has 146 valence electrons. The minimum Gasteiger partial charge on any atom is -0.381 e. The van der Waals surface area contributed by atoms with Gasteiger partial charge in [0.2, 0.25) is 0 Å². The van der Waals surface area contributed by atoms with Gasteiger partial charge < -0.3 is 15.6 Å². The Bertz CT molecular complexity index is 1110. The molecule has 2 aromatic heterocycles. The van der Waals surface area contributed by atoms with E-state index in [0.29, 0.717) is 30.8 Å². The van der Waals surface area contributed by atoms with E-state index in [9.17, 15) is 13.2 Å². The number of H-pyrrole nitrogens is 1. The van der Waals surface area contributed by atoms with Gasteiger partial charge in [0.15, 0.2) is 9.84 Å². The Balaban J connectivity index is 1.34.